The van der Waals surface area contributed by atoms with Crippen LogP contribution in [-0.4, -0.2) is 20.9 Å². The molecule has 118 valence electrons. The number of thiophene rings is 1. The number of hydrogen-bond donors (Lipinski definition) is 2. The lowest BCUT2D eigenvalue weighted by Gasteiger charge is -2.10. The summed E-state index contributed by atoms with van der Waals surface area (Å²) >= 11 is 7.12. The molecule has 8 heteroatoms. The van der Waals surface area contributed by atoms with Crippen LogP contribution in [0.15, 0.2) is 34.5 Å². The van der Waals surface area contributed by atoms with E-state index < -0.39 is 15.9 Å². The van der Waals surface area contributed by atoms with Crippen LogP contribution in [0, 0.1) is 13.8 Å². The van der Waals surface area contributed by atoms with Gasteiger partial charge in [0, 0.05) is 15.6 Å². The maximum Gasteiger partial charge on any atom is 0.250 e. The monoisotopic (exact) mass is 358 g/mol. The van der Waals surface area contributed by atoms with Crippen molar-refractivity contribution in [3.63, 3.8) is 0 Å². The van der Waals surface area contributed by atoms with Gasteiger partial charge < -0.3 is 5.32 Å². The summed E-state index contributed by atoms with van der Waals surface area (Å²) < 4.78 is 26.5. The Hall–Kier alpha value is -1.41. The zero-order chi connectivity index (χ0) is 16.3. The molecule has 0 saturated carbocycles. The highest BCUT2D eigenvalue weighted by atomic mass is 35.5. The number of anilines is 1. The third-order valence-electron chi connectivity index (χ3n) is 2.95. The second-order valence-electron chi connectivity index (χ2n) is 4.65. The SMILES string of the molecule is Cc1ccc(S(=O)(=O)NCC(=O)Nc2cccc(Cl)c2C)s1. The topological polar surface area (TPSA) is 75.3 Å². The first-order valence-corrected chi connectivity index (χ1v) is 9.08. The Morgan fingerprint density at radius 3 is 2.59 bits per heavy atom. The molecule has 5 nitrogen and oxygen atoms in total. The van der Waals surface area contributed by atoms with E-state index in [0.29, 0.717) is 10.7 Å². The summed E-state index contributed by atoms with van der Waals surface area (Å²) in [7, 11) is -3.66. The predicted molar refractivity (Wildman–Crippen MR) is 89.1 cm³/mol. The van der Waals surface area contributed by atoms with Crippen molar-refractivity contribution in [2.45, 2.75) is 18.1 Å². The van der Waals surface area contributed by atoms with E-state index in [1.165, 1.54) is 6.07 Å². The first-order valence-electron chi connectivity index (χ1n) is 6.40. The molecule has 0 aliphatic carbocycles. The highest BCUT2D eigenvalue weighted by Crippen LogP contribution is 2.23. The van der Waals surface area contributed by atoms with Crippen LogP contribution in [-0.2, 0) is 14.8 Å². The van der Waals surface area contributed by atoms with Crippen molar-refractivity contribution < 1.29 is 13.2 Å². The Balaban J connectivity index is 2.00. The molecule has 0 spiro atoms. The smallest absolute Gasteiger partial charge is 0.250 e. The van der Waals surface area contributed by atoms with Crippen LogP contribution in [0.2, 0.25) is 5.02 Å². The number of nitrogens with one attached hydrogen (secondary N) is 2. The fourth-order valence-electron chi connectivity index (χ4n) is 1.73. The maximum atomic E-state index is 12.0. The van der Waals surface area contributed by atoms with Crippen molar-refractivity contribution in [3.05, 3.63) is 45.8 Å². The predicted octanol–water partition coefficient (Wildman–Crippen LogP) is 2.94. The summed E-state index contributed by atoms with van der Waals surface area (Å²) in [6.07, 6.45) is 0. The molecule has 1 aromatic heterocycles. The van der Waals surface area contributed by atoms with Crippen LogP contribution >= 0.6 is 22.9 Å². The van der Waals surface area contributed by atoms with Gasteiger partial charge in [-0.05, 0) is 43.7 Å². The van der Waals surface area contributed by atoms with E-state index >= 15 is 0 Å². The lowest BCUT2D eigenvalue weighted by atomic mass is 10.2. The number of benzene rings is 1. The molecule has 0 aliphatic heterocycles. The summed E-state index contributed by atoms with van der Waals surface area (Å²) in [5, 5.41) is 3.17. The number of carbonyl (C=O) groups is 1. The van der Waals surface area contributed by atoms with Gasteiger partial charge in [-0.15, -0.1) is 11.3 Å². The van der Waals surface area contributed by atoms with E-state index in [2.05, 4.69) is 10.0 Å². The molecule has 0 bridgehead atoms. The van der Waals surface area contributed by atoms with Crippen molar-refractivity contribution in [3.8, 4) is 0 Å². The quantitative estimate of drug-likeness (QED) is 0.862. The molecule has 1 heterocycles. The summed E-state index contributed by atoms with van der Waals surface area (Å²) in [5.41, 5.74) is 1.29. The van der Waals surface area contributed by atoms with Gasteiger partial charge in [-0.3, -0.25) is 4.79 Å². The standard InChI is InChI=1S/C14H15ClN2O3S2/c1-9-6-7-14(21-9)22(19,20)16-8-13(18)17-12-5-3-4-11(15)10(12)2/h3-7,16H,8H2,1-2H3,(H,17,18). The van der Waals surface area contributed by atoms with Gasteiger partial charge in [-0.1, -0.05) is 17.7 Å². The van der Waals surface area contributed by atoms with Crippen molar-refractivity contribution in [2.24, 2.45) is 0 Å². The molecular weight excluding hydrogens is 344 g/mol. The lowest BCUT2D eigenvalue weighted by Crippen LogP contribution is -2.32. The van der Waals surface area contributed by atoms with Crippen LogP contribution in [0.3, 0.4) is 0 Å². The van der Waals surface area contributed by atoms with Crippen molar-refractivity contribution in [1.29, 1.82) is 0 Å². The summed E-state index contributed by atoms with van der Waals surface area (Å²) in [6, 6.07) is 8.37. The zero-order valence-corrected chi connectivity index (χ0v) is 14.4. The minimum atomic E-state index is -3.66. The maximum absolute atomic E-state index is 12.0. The van der Waals surface area contributed by atoms with E-state index in [9.17, 15) is 13.2 Å². The van der Waals surface area contributed by atoms with Gasteiger partial charge in [0.05, 0.1) is 6.54 Å². The highest BCUT2D eigenvalue weighted by Gasteiger charge is 2.17. The Labute approximate surface area is 138 Å². The van der Waals surface area contributed by atoms with Gasteiger partial charge in [0.1, 0.15) is 4.21 Å². The number of aryl methyl sites for hydroxylation is 1. The molecule has 0 aliphatic rings. The lowest BCUT2D eigenvalue weighted by molar-refractivity contribution is -0.115. The van der Waals surface area contributed by atoms with Crippen molar-refractivity contribution in [1.82, 2.24) is 4.72 Å². The van der Waals surface area contributed by atoms with E-state index in [4.69, 9.17) is 11.6 Å². The normalized spacial score (nSPS) is 11.4. The second-order valence-corrected chi connectivity index (χ2v) is 8.34. The molecule has 1 amide bonds. The Kier molecular flexibility index (Phi) is 5.23. The van der Waals surface area contributed by atoms with Gasteiger partial charge in [-0.25, -0.2) is 13.1 Å². The minimum absolute atomic E-state index is 0.191. The average molecular weight is 359 g/mol. The minimum Gasteiger partial charge on any atom is -0.325 e. The molecule has 2 N–H and O–H groups in total. The van der Waals surface area contributed by atoms with Crippen LogP contribution < -0.4 is 10.0 Å². The number of amides is 1. The zero-order valence-electron chi connectivity index (χ0n) is 12.0. The summed E-state index contributed by atoms with van der Waals surface area (Å²) in [4.78, 5) is 12.8. The highest BCUT2D eigenvalue weighted by molar-refractivity contribution is 7.91. The number of sulfonamides is 1. The number of halogens is 1. The number of carbonyl (C=O) groups excluding carboxylic acids is 1. The van der Waals surface area contributed by atoms with Gasteiger partial charge in [-0.2, -0.15) is 0 Å². The first kappa shape index (κ1) is 17.0. The van der Waals surface area contributed by atoms with Crippen molar-refractivity contribution in [2.75, 3.05) is 11.9 Å². The van der Waals surface area contributed by atoms with Gasteiger partial charge >= 0.3 is 0 Å². The van der Waals surface area contributed by atoms with Gasteiger partial charge in [0.2, 0.25) is 5.91 Å². The molecule has 2 aromatic rings. The van der Waals surface area contributed by atoms with Crippen LogP contribution in [0.5, 0.6) is 0 Å². The second kappa shape index (κ2) is 6.78. The third kappa shape index (κ3) is 4.07. The third-order valence-corrected chi connectivity index (χ3v) is 6.25. The van der Waals surface area contributed by atoms with Crippen LogP contribution in [0.1, 0.15) is 10.4 Å². The Morgan fingerprint density at radius 2 is 1.95 bits per heavy atom. The van der Waals surface area contributed by atoms with Crippen LogP contribution in [0.25, 0.3) is 0 Å². The molecular formula is C14H15ClN2O3S2. The molecule has 0 saturated heterocycles. The molecule has 1 aromatic carbocycles. The van der Waals surface area contributed by atoms with E-state index in [1.807, 2.05) is 6.92 Å². The summed E-state index contributed by atoms with van der Waals surface area (Å²) in [5.74, 6) is -0.456. The molecule has 2 rings (SSSR count). The first-order chi connectivity index (χ1) is 10.3. The Bertz CT molecular complexity index is 800. The number of rotatable bonds is 5. The molecule has 22 heavy (non-hydrogen) atoms. The molecule has 0 radical (unpaired) electrons. The van der Waals surface area contributed by atoms with Gasteiger partial charge in [0.15, 0.2) is 0 Å². The molecule has 0 fully saturated rings. The largest absolute Gasteiger partial charge is 0.325 e. The van der Waals surface area contributed by atoms with E-state index in [-0.39, 0.29) is 10.8 Å². The number of hydrogen-bond acceptors (Lipinski definition) is 4. The van der Waals surface area contributed by atoms with Crippen LogP contribution in [0.4, 0.5) is 5.69 Å². The van der Waals surface area contributed by atoms with E-state index in [1.54, 1.807) is 31.2 Å². The fraction of sp³-hybridized carbons (Fsp3) is 0.214. The molecule has 0 unspecified atom stereocenters. The fourth-order valence-corrected chi connectivity index (χ4v) is 4.21. The Morgan fingerprint density at radius 1 is 1.23 bits per heavy atom. The van der Waals surface area contributed by atoms with E-state index in [0.717, 1.165) is 21.8 Å². The summed E-state index contributed by atoms with van der Waals surface area (Å²) in [6.45, 7) is 3.25. The van der Waals surface area contributed by atoms with Gasteiger partial charge in [0.25, 0.3) is 10.0 Å². The van der Waals surface area contributed by atoms with Crippen molar-refractivity contribution >= 4 is 44.6 Å². The average Bonchev–Trinajstić information content (AvgIpc) is 2.89. The molecule has 0 atom stereocenters.